The van der Waals surface area contributed by atoms with E-state index in [1.54, 1.807) is 30.6 Å². The molecule has 0 saturated carbocycles. The molecule has 0 radical (unpaired) electrons. The number of hydrogen-bond donors (Lipinski definition) is 0. The molecule has 0 aliphatic carbocycles. The van der Waals surface area contributed by atoms with Crippen LogP contribution in [0.2, 0.25) is 0 Å². The van der Waals surface area contributed by atoms with Crippen LogP contribution in [0.1, 0.15) is 61.8 Å². The maximum absolute atomic E-state index is 14.7. The summed E-state index contributed by atoms with van der Waals surface area (Å²) in [5, 5.41) is 0. The van der Waals surface area contributed by atoms with Gasteiger partial charge in [-0.1, -0.05) is 72.8 Å². The third-order valence-corrected chi connectivity index (χ3v) is 9.26. The van der Waals surface area contributed by atoms with E-state index in [1.165, 1.54) is 12.0 Å². The third kappa shape index (κ3) is 6.23. The summed E-state index contributed by atoms with van der Waals surface area (Å²) in [6, 6.07) is 23.3. The average Bonchev–Trinajstić information content (AvgIpc) is 3.66. The molecular formula is C37H41N3O6. The quantitative estimate of drug-likeness (QED) is 0.360. The average molecular weight is 624 g/mol. The summed E-state index contributed by atoms with van der Waals surface area (Å²) in [5.74, 6) is -0.954. The molecule has 3 aromatic rings. The number of carbonyl (C=O) groups is 4. The SMILES string of the molecule is COC(=O)C[C@H]1Cc2ccccc2CN1C(=O)[C@H]1C[C@H](c2ccccc2)CN1C(=O)[C@H]1Cc2ccccc2N1C(=O)OC(C)(C)C. The van der Waals surface area contributed by atoms with Gasteiger partial charge in [-0.2, -0.15) is 0 Å². The molecule has 3 heterocycles. The zero-order valence-corrected chi connectivity index (χ0v) is 26.8. The minimum Gasteiger partial charge on any atom is -0.469 e. The Morgan fingerprint density at radius 3 is 2.09 bits per heavy atom. The molecule has 46 heavy (non-hydrogen) atoms. The monoisotopic (exact) mass is 623 g/mol. The predicted molar refractivity (Wildman–Crippen MR) is 173 cm³/mol. The third-order valence-electron chi connectivity index (χ3n) is 9.26. The Hall–Kier alpha value is -4.66. The predicted octanol–water partition coefficient (Wildman–Crippen LogP) is 5.25. The van der Waals surface area contributed by atoms with Crippen LogP contribution in [0.25, 0.3) is 0 Å². The number of methoxy groups -OCH3 is 1. The van der Waals surface area contributed by atoms with Crippen LogP contribution in [0, 0.1) is 0 Å². The molecule has 240 valence electrons. The molecule has 1 fully saturated rings. The first-order valence-electron chi connectivity index (χ1n) is 15.9. The first-order valence-corrected chi connectivity index (χ1v) is 15.9. The van der Waals surface area contributed by atoms with Gasteiger partial charge in [0, 0.05) is 31.5 Å². The molecule has 1 saturated heterocycles. The molecule has 9 heteroatoms. The number of rotatable bonds is 5. The number of benzene rings is 3. The van der Waals surface area contributed by atoms with Crippen molar-refractivity contribution in [3.8, 4) is 0 Å². The van der Waals surface area contributed by atoms with Gasteiger partial charge in [0.15, 0.2) is 0 Å². The van der Waals surface area contributed by atoms with E-state index in [0.717, 1.165) is 22.3 Å². The fraction of sp³-hybridized carbons (Fsp3) is 0.405. The summed E-state index contributed by atoms with van der Waals surface area (Å²) in [6.45, 7) is 6.06. The van der Waals surface area contributed by atoms with E-state index in [-0.39, 0.29) is 30.1 Å². The molecule has 3 aromatic carbocycles. The molecule has 0 N–H and O–H groups in total. The van der Waals surface area contributed by atoms with Gasteiger partial charge in [-0.15, -0.1) is 0 Å². The van der Waals surface area contributed by atoms with Gasteiger partial charge in [-0.05, 0) is 61.9 Å². The minimum atomic E-state index is -0.856. The van der Waals surface area contributed by atoms with Gasteiger partial charge in [0.05, 0.1) is 19.2 Å². The van der Waals surface area contributed by atoms with Gasteiger partial charge < -0.3 is 19.3 Å². The second-order valence-electron chi connectivity index (χ2n) is 13.4. The summed E-state index contributed by atoms with van der Waals surface area (Å²) in [6.07, 6.45) is 0.740. The van der Waals surface area contributed by atoms with E-state index in [4.69, 9.17) is 9.47 Å². The number of hydrogen-bond acceptors (Lipinski definition) is 6. The highest BCUT2D eigenvalue weighted by Crippen LogP contribution is 2.39. The van der Waals surface area contributed by atoms with Crippen LogP contribution in [0.4, 0.5) is 10.5 Å². The van der Waals surface area contributed by atoms with Crippen molar-refractivity contribution < 1.29 is 28.7 Å². The van der Waals surface area contributed by atoms with E-state index in [0.29, 0.717) is 38.0 Å². The molecule has 9 nitrogen and oxygen atoms in total. The Kier molecular flexibility index (Phi) is 8.59. The number of anilines is 1. The fourth-order valence-electron chi connectivity index (χ4n) is 7.09. The Morgan fingerprint density at radius 1 is 0.761 bits per heavy atom. The first-order chi connectivity index (χ1) is 22.0. The number of ether oxygens (including phenoxy) is 2. The van der Waals surface area contributed by atoms with Crippen LogP contribution < -0.4 is 4.90 Å². The van der Waals surface area contributed by atoms with Crippen molar-refractivity contribution >= 4 is 29.6 Å². The minimum absolute atomic E-state index is 0.0592. The van der Waals surface area contributed by atoms with E-state index in [2.05, 4.69) is 0 Å². The van der Waals surface area contributed by atoms with Gasteiger partial charge in [-0.3, -0.25) is 19.3 Å². The van der Waals surface area contributed by atoms with Crippen molar-refractivity contribution in [3.63, 3.8) is 0 Å². The van der Waals surface area contributed by atoms with Crippen molar-refractivity contribution in [2.75, 3.05) is 18.6 Å². The number of fused-ring (bicyclic) bond motifs is 2. The van der Waals surface area contributed by atoms with Gasteiger partial charge >= 0.3 is 12.1 Å². The zero-order valence-electron chi connectivity index (χ0n) is 26.8. The van der Waals surface area contributed by atoms with E-state index in [9.17, 15) is 19.2 Å². The molecule has 0 aromatic heterocycles. The van der Waals surface area contributed by atoms with Crippen LogP contribution in [-0.2, 0) is 43.2 Å². The van der Waals surface area contributed by atoms with E-state index >= 15 is 0 Å². The zero-order chi connectivity index (χ0) is 32.6. The van der Waals surface area contributed by atoms with Crippen molar-refractivity contribution in [3.05, 3.63) is 101 Å². The number of likely N-dealkylation sites (tertiary alicyclic amines) is 1. The highest BCUT2D eigenvalue weighted by Gasteiger charge is 2.49. The Labute approximate surface area is 270 Å². The number of amides is 3. The first kappa shape index (κ1) is 31.3. The lowest BCUT2D eigenvalue weighted by atomic mass is 9.90. The maximum Gasteiger partial charge on any atom is 0.415 e. The summed E-state index contributed by atoms with van der Waals surface area (Å²) < 4.78 is 10.8. The number of esters is 1. The van der Waals surface area contributed by atoms with Gasteiger partial charge in [0.1, 0.15) is 17.7 Å². The molecule has 3 aliphatic rings. The van der Waals surface area contributed by atoms with Gasteiger partial charge in [0.2, 0.25) is 11.8 Å². The lowest BCUT2D eigenvalue weighted by Crippen LogP contribution is -2.57. The van der Waals surface area contributed by atoms with Crippen molar-refractivity contribution in [2.45, 2.75) is 82.6 Å². The molecule has 0 bridgehead atoms. The second kappa shape index (κ2) is 12.6. The topological polar surface area (TPSA) is 96.5 Å². The summed E-state index contributed by atoms with van der Waals surface area (Å²) in [5.41, 5.74) is 3.92. The van der Waals surface area contributed by atoms with E-state index in [1.807, 2.05) is 78.9 Å². The lowest BCUT2D eigenvalue weighted by Gasteiger charge is -2.40. The number of nitrogens with zero attached hydrogens (tertiary/aromatic N) is 3. The van der Waals surface area contributed by atoms with Gasteiger partial charge in [-0.25, -0.2) is 4.79 Å². The van der Waals surface area contributed by atoms with Crippen LogP contribution >= 0.6 is 0 Å². The van der Waals surface area contributed by atoms with Crippen LogP contribution in [0.5, 0.6) is 0 Å². The Morgan fingerprint density at radius 2 is 1.39 bits per heavy atom. The Balaban J connectivity index is 1.35. The van der Waals surface area contributed by atoms with Gasteiger partial charge in [0.25, 0.3) is 0 Å². The van der Waals surface area contributed by atoms with Crippen LogP contribution in [0.15, 0.2) is 78.9 Å². The largest absolute Gasteiger partial charge is 0.469 e. The van der Waals surface area contributed by atoms with Crippen LogP contribution in [0.3, 0.4) is 0 Å². The molecule has 0 spiro atoms. The van der Waals surface area contributed by atoms with Crippen molar-refractivity contribution in [1.82, 2.24) is 9.80 Å². The standard InChI is InChI=1S/C37H41N3O6/c1-37(2,3)46-36(44)40-30-17-11-10-15-26(30)19-32(40)35(43)39-23-28(24-12-6-5-7-13-24)20-31(39)34(42)38-22-27-16-9-8-14-25(27)18-29(38)21-33(41)45-4/h5-17,28-29,31-32H,18-23H2,1-4H3/t28-,29+,31+,32+/m0/s1. The number of carbonyl (C=O) groups excluding carboxylic acids is 4. The lowest BCUT2D eigenvalue weighted by molar-refractivity contribution is -0.149. The fourth-order valence-corrected chi connectivity index (χ4v) is 7.09. The number of para-hydroxylation sites is 1. The Bertz CT molecular complexity index is 1630. The normalized spacial score (nSPS) is 22.2. The maximum atomic E-state index is 14.7. The van der Waals surface area contributed by atoms with Crippen LogP contribution in [-0.4, -0.2) is 71.1 Å². The van der Waals surface area contributed by atoms with Crippen molar-refractivity contribution in [2.24, 2.45) is 0 Å². The smallest absolute Gasteiger partial charge is 0.415 e. The summed E-state index contributed by atoms with van der Waals surface area (Å²) in [4.78, 5) is 60.4. The highest BCUT2D eigenvalue weighted by molar-refractivity contribution is 6.02. The second-order valence-corrected chi connectivity index (χ2v) is 13.4. The molecule has 3 aliphatic heterocycles. The summed E-state index contributed by atoms with van der Waals surface area (Å²) >= 11 is 0. The molecule has 6 rings (SSSR count). The summed E-state index contributed by atoms with van der Waals surface area (Å²) in [7, 11) is 1.35. The highest BCUT2D eigenvalue weighted by atomic mass is 16.6. The molecule has 4 atom stereocenters. The van der Waals surface area contributed by atoms with Crippen molar-refractivity contribution in [1.29, 1.82) is 0 Å². The molecule has 0 unspecified atom stereocenters. The molecular weight excluding hydrogens is 582 g/mol. The van der Waals surface area contributed by atoms with E-state index < -0.39 is 29.8 Å². The molecule has 3 amide bonds.